The van der Waals surface area contributed by atoms with Crippen molar-refractivity contribution >= 4 is 42.1 Å². The molecule has 6 heteroatoms. The Labute approximate surface area is 133 Å². The summed E-state index contributed by atoms with van der Waals surface area (Å²) in [6.45, 7) is 5.36. The smallest absolute Gasteiger partial charge is 0.227 e. The normalized spacial score (nSPS) is 13.1. The van der Waals surface area contributed by atoms with E-state index in [0.717, 1.165) is 37.4 Å². The van der Waals surface area contributed by atoms with Gasteiger partial charge >= 0.3 is 0 Å². The van der Waals surface area contributed by atoms with Gasteiger partial charge in [-0.05, 0) is 32.0 Å². The third kappa shape index (κ3) is 4.01. The van der Waals surface area contributed by atoms with Crippen LogP contribution >= 0.6 is 24.8 Å². The van der Waals surface area contributed by atoms with E-state index in [2.05, 4.69) is 17.9 Å². The van der Waals surface area contributed by atoms with E-state index in [9.17, 15) is 4.79 Å². The first-order valence-corrected chi connectivity index (χ1v) is 6.62. The molecule has 1 heterocycles. The van der Waals surface area contributed by atoms with Crippen LogP contribution in [0, 0.1) is 0 Å². The number of anilines is 2. The highest BCUT2D eigenvalue weighted by molar-refractivity contribution is 5.97. The van der Waals surface area contributed by atoms with Crippen LogP contribution in [0.15, 0.2) is 24.3 Å². The molecule has 1 aliphatic heterocycles. The molecule has 0 unspecified atom stereocenters. The second-order valence-corrected chi connectivity index (χ2v) is 4.51. The minimum Gasteiger partial charge on any atom is -0.368 e. The highest BCUT2D eigenvalue weighted by Crippen LogP contribution is 2.32. The van der Waals surface area contributed by atoms with Crippen LogP contribution in [0.4, 0.5) is 11.4 Å². The van der Waals surface area contributed by atoms with Gasteiger partial charge in [-0.15, -0.1) is 24.8 Å². The molecule has 0 saturated carbocycles. The number of amides is 1. The summed E-state index contributed by atoms with van der Waals surface area (Å²) in [5.74, 6) is 0.184. The number of carbonyl (C=O) groups excluding carboxylic acids is 1. The number of rotatable bonds is 4. The van der Waals surface area contributed by atoms with Crippen molar-refractivity contribution in [2.75, 3.05) is 36.0 Å². The first-order valence-electron chi connectivity index (χ1n) is 6.62. The zero-order valence-electron chi connectivity index (χ0n) is 11.7. The van der Waals surface area contributed by atoms with Gasteiger partial charge in [-0.25, -0.2) is 0 Å². The summed E-state index contributed by atoms with van der Waals surface area (Å²) in [5.41, 5.74) is 7.66. The molecule has 1 aromatic rings. The van der Waals surface area contributed by atoms with Crippen molar-refractivity contribution in [3.63, 3.8) is 0 Å². The number of hydrogen-bond donors (Lipinski definition) is 1. The van der Waals surface area contributed by atoms with E-state index in [1.54, 1.807) is 0 Å². The maximum absolute atomic E-state index is 12.2. The predicted molar refractivity (Wildman–Crippen MR) is 89.5 cm³/mol. The molecule has 4 nitrogen and oxygen atoms in total. The lowest BCUT2D eigenvalue weighted by Gasteiger charge is -2.37. The van der Waals surface area contributed by atoms with Crippen molar-refractivity contribution in [2.24, 2.45) is 5.73 Å². The number of para-hydroxylation sites is 2. The first kappa shape index (κ1) is 19.0. The van der Waals surface area contributed by atoms with E-state index in [-0.39, 0.29) is 30.7 Å². The summed E-state index contributed by atoms with van der Waals surface area (Å²) < 4.78 is 0. The van der Waals surface area contributed by atoms with Gasteiger partial charge in [0, 0.05) is 26.1 Å². The summed E-state index contributed by atoms with van der Waals surface area (Å²) in [4.78, 5) is 16.4. The van der Waals surface area contributed by atoms with Crippen LogP contribution in [0.25, 0.3) is 0 Å². The maximum Gasteiger partial charge on any atom is 0.227 e. The van der Waals surface area contributed by atoms with E-state index < -0.39 is 0 Å². The quantitative estimate of drug-likeness (QED) is 0.927. The number of nitrogens with two attached hydrogens (primary N) is 1. The summed E-state index contributed by atoms with van der Waals surface area (Å²) >= 11 is 0. The Morgan fingerprint density at radius 3 is 2.45 bits per heavy atom. The van der Waals surface area contributed by atoms with Crippen molar-refractivity contribution in [3.05, 3.63) is 24.3 Å². The zero-order valence-corrected chi connectivity index (χ0v) is 13.4. The first-order chi connectivity index (χ1) is 8.77. The van der Waals surface area contributed by atoms with E-state index in [1.165, 1.54) is 0 Å². The summed E-state index contributed by atoms with van der Waals surface area (Å²) in [7, 11) is 0. The van der Waals surface area contributed by atoms with E-state index in [0.29, 0.717) is 13.0 Å². The van der Waals surface area contributed by atoms with Crippen molar-refractivity contribution in [1.29, 1.82) is 0 Å². The van der Waals surface area contributed by atoms with Crippen molar-refractivity contribution in [1.82, 2.24) is 0 Å². The van der Waals surface area contributed by atoms with Gasteiger partial charge in [-0.2, -0.15) is 0 Å². The Morgan fingerprint density at radius 2 is 1.85 bits per heavy atom. The molecule has 1 amide bonds. The topological polar surface area (TPSA) is 49.6 Å². The second-order valence-electron chi connectivity index (χ2n) is 4.51. The monoisotopic (exact) mass is 319 g/mol. The standard InChI is InChI=1S/C14H21N3O.2ClH/c1-2-16-10-11-17(14(18)8-5-9-15)13-7-4-3-6-12(13)16;;/h3-4,6-7H,2,5,8-11,15H2,1H3;2*1H. The molecule has 20 heavy (non-hydrogen) atoms. The Morgan fingerprint density at radius 1 is 1.20 bits per heavy atom. The zero-order chi connectivity index (χ0) is 13.0. The fraction of sp³-hybridized carbons (Fsp3) is 0.500. The molecule has 0 saturated heterocycles. The molecular weight excluding hydrogens is 297 g/mol. The van der Waals surface area contributed by atoms with Crippen LogP contribution in [0.3, 0.4) is 0 Å². The molecule has 0 radical (unpaired) electrons. The Kier molecular flexibility index (Phi) is 8.62. The van der Waals surface area contributed by atoms with Crippen LogP contribution in [0.1, 0.15) is 19.8 Å². The largest absolute Gasteiger partial charge is 0.368 e. The summed E-state index contributed by atoms with van der Waals surface area (Å²) in [6.07, 6.45) is 1.30. The van der Waals surface area contributed by atoms with Gasteiger partial charge < -0.3 is 15.5 Å². The van der Waals surface area contributed by atoms with Gasteiger partial charge in [0.2, 0.25) is 5.91 Å². The third-order valence-electron chi connectivity index (χ3n) is 3.38. The lowest BCUT2D eigenvalue weighted by Crippen LogP contribution is -2.44. The van der Waals surface area contributed by atoms with Crippen molar-refractivity contribution in [3.8, 4) is 0 Å². The lowest BCUT2D eigenvalue weighted by molar-refractivity contribution is -0.118. The van der Waals surface area contributed by atoms with Crippen LogP contribution in [0.5, 0.6) is 0 Å². The molecule has 0 spiro atoms. The van der Waals surface area contributed by atoms with Gasteiger partial charge in [-0.3, -0.25) is 4.79 Å². The van der Waals surface area contributed by atoms with Gasteiger partial charge in [0.05, 0.1) is 11.4 Å². The number of nitrogens with zero attached hydrogens (tertiary/aromatic N) is 2. The van der Waals surface area contributed by atoms with Crippen LogP contribution in [-0.4, -0.2) is 32.1 Å². The molecule has 0 bridgehead atoms. The number of carbonyl (C=O) groups is 1. The SMILES string of the molecule is CCN1CCN(C(=O)CCCN)c2ccccc21.Cl.Cl. The Hall–Kier alpha value is -0.970. The average Bonchev–Trinajstić information content (AvgIpc) is 2.43. The van der Waals surface area contributed by atoms with E-state index in [1.807, 2.05) is 23.1 Å². The average molecular weight is 320 g/mol. The fourth-order valence-electron chi connectivity index (χ4n) is 2.40. The molecule has 1 aliphatic rings. The van der Waals surface area contributed by atoms with Gasteiger partial charge in [-0.1, -0.05) is 12.1 Å². The lowest BCUT2D eigenvalue weighted by atomic mass is 10.1. The van der Waals surface area contributed by atoms with Crippen molar-refractivity contribution < 1.29 is 4.79 Å². The maximum atomic E-state index is 12.2. The molecule has 0 aromatic heterocycles. The molecule has 2 rings (SSSR count). The minimum absolute atomic E-state index is 0. The van der Waals surface area contributed by atoms with Crippen LogP contribution in [-0.2, 0) is 4.79 Å². The van der Waals surface area contributed by atoms with Crippen molar-refractivity contribution in [2.45, 2.75) is 19.8 Å². The highest BCUT2D eigenvalue weighted by atomic mass is 35.5. The van der Waals surface area contributed by atoms with E-state index >= 15 is 0 Å². The third-order valence-corrected chi connectivity index (χ3v) is 3.38. The fourth-order valence-corrected chi connectivity index (χ4v) is 2.40. The second kappa shape index (κ2) is 9.06. The number of hydrogen-bond acceptors (Lipinski definition) is 3. The number of benzene rings is 1. The highest BCUT2D eigenvalue weighted by Gasteiger charge is 2.24. The number of fused-ring (bicyclic) bond motifs is 1. The minimum atomic E-state index is 0. The Balaban J connectivity index is 0.00000180. The molecule has 1 aromatic carbocycles. The van der Waals surface area contributed by atoms with Crippen LogP contribution < -0.4 is 15.5 Å². The molecule has 0 atom stereocenters. The summed E-state index contributed by atoms with van der Waals surface area (Å²) in [5, 5.41) is 0. The van der Waals surface area contributed by atoms with Crippen LogP contribution in [0.2, 0.25) is 0 Å². The summed E-state index contributed by atoms with van der Waals surface area (Å²) in [6, 6.07) is 8.12. The molecule has 114 valence electrons. The number of likely N-dealkylation sites (N-methyl/N-ethyl adjacent to an activating group) is 1. The number of halogens is 2. The molecule has 0 aliphatic carbocycles. The molecule has 2 N–H and O–H groups in total. The van der Waals surface area contributed by atoms with Gasteiger partial charge in [0.1, 0.15) is 0 Å². The molecular formula is C14H23Cl2N3O. The Bertz CT molecular complexity index is 429. The molecule has 0 fully saturated rings. The predicted octanol–water partition coefficient (Wildman–Crippen LogP) is 2.44. The van der Waals surface area contributed by atoms with Gasteiger partial charge in [0.25, 0.3) is 0 Å². The van der Waals surface area contributed by atoms with Gasteiger partial charge in [0.15, 0.2) is 0 Å². The van der Waals surface area contributed by atoms with E-state index in [4.69, 9.17) is 5.73 Å².